The zero-order chi connectivity index (χ0) is 10.4. The Hall–Kier alpha value is -1.12. The van der Waals surface area contributed by atoms with Crippen LogP contribution in [0.4, 0.5) is 0 Å². The van der Waals surface area contributed by atoms with Crippen molar-refractivity contribution in [3.8, 4) is 0 Å². The van der Waals surface area contributed by atoms with Crippen LogP contribution in [0, 0.1) is 6.92 Å². The first-order valence-electron chi connectivity index (χ1n) is 4.67. The summed E-state index contributed by atoms with van der Waals surface area (Å²) >= 11 is 0. The topological polar surface area (TPSA) is 34.9 Å². The third kappa shape index (κ3) is 3.40. The maximum Gasteiger partial charge on any atom is 0.347 e. The van der Waals surface area contributed by atoms with E-state index in [9.17, 15) is 4.79 Å². The lowest BCUT2D eigenvalue weighted by atomic mass is 10.4. The highest BCUT2D eigenvalue weighted by Crippen LogP contribution is 1.97. The van der Waals surface area contributed by atoms with Crippen molar-refractivity contribution in [2.45, 2.75) is 40.7 Å². The van der Waals surface area contributed by atoms with E-state index in [0.717, 1.165) is 5.69 Å². The fourth-order valence-electron chi connectivity index (χ4n) is 0.891. The predicted octanol–water partition coefficient (Wildman–Crippen LogP) is 2.16. The van der Waals surface area contributed by atoms with Crippen LogP contribution in [0.2, 0.25) is 0 Å². The molecule has 0 fully saturated rings. The molecular formula is C10H18N2O. The fraction of sp³-hybridized carbons (Fsp3) is 0.600. The van der Waals surface area contributed by atoms with Gasteiger partial charge in [-0.05, 0) is 26.8 Å². The monoisotopic (exact) mass is 182 g/mol. The van der Waals surface area contributed by atoms with Gasteiger partial charge in [0.1, 0.15) is 0 Å². The van der Waals surface area contributed by atoms with Crippen LogP contribution in [-0.4, -0.2) is 9.55 Å². The first-order valence-corrected chi connectivity index (χ1v) is 4.67. The number of nitrogens with zero attached hydrogens (tertiary/aromatic N) is 2. The number of rotatable bonds is 1. The zero-order valence-electron chi connectivity index (χ0n) is 9.03. The lowest BCUT2D eigenvalue weighted by Crippen LogP contribution is -2.24. The van der Waals surface area contributed by atoms with E-state index >= 15 is 0 Å². The van der Waals surface area contributed by atoms with E-state index in [4.69, 9.17) is 0 Å². The van der Waals surface area contributed by atoms with E-state index in [-0.39, 0.29) is 11.7 Å². The van der Waals surface area contributed by atoms with Crippen LogP contribution >= 0.6 is 0 Å². The van der Waals surface area contributed by atoms with Crippen molar-refractivity contribution in [1.29, 1.82) is 0 Å². The number of hydrogen-bond donors (Lipinski definition) is 0. The van der Waals surface area contributed by atoms with Crippen LogP contribution < -0.4 is 5.69 Å². The van der Waals surface area contributed by atoms with E-state index in [1.165, 1.54) is 0 Å². The van der Waals surface area contributed by atoms with E-state index in [1.807, 2.05) is 40.7 Å². The summed E-state index contributed by atoms with van der Waals surface area (Å²) in [5.74, 6) is 0. The second kappa shape index (κ2) is 5.51. The van der Waals surface area contributed by atoms with Gasteiger partial charge in [-0.1, -0.05) is 13.8 Å². The summed E-state index contributed by atoms with van der Waals surface area (Å²) < 4.78 is 1.60. The molecule has 13 heavy (non-hydrogen) atoms. The molecule has 0 aromatic carbocycles. The molecule has 1 rings (SSSR count). The minimum Gasteiger partial charge on any atom is -0.297 e. The minimum absolute atomic E-state index is 0.167. The Morgan fingerprint density at radius 3 is 2.31 bits per heavy atom. The minimum atomic E-state index is -0.167. The van der Waals surface area contributed by atoms with Crippen LogP contribution in [0.25, 0.3) is 0 Å². The van der Waals surface area contributed by atoms with Gasteiger partial charge in [0.25, 0.3) is 0 Å². The average Bonchev–Trinajstić information content (AvgIpc) is 2.07. The first-order chi connectivity index (χ1) is 6.11. The van der Waals surface area contributed by atoms with Gasteiger partial charge < -0.3 is 0 Å². The molecule has 0 aliphatic carbocycles. The molecule has 74 valence electrons. The van der Waals surface area contributed by atoms with Crippen molar-refractivity contribution in [2.24, 2.45) is 0 Å². The van der Waals surface area contributed by atoms with Crippen molar-refractivity contribution in [3.63, 3.8) is 0 Å². The van der Waals surface area contributed by atoms with Crippen LogP contribution in [-0.2, 0) is 0 Å². The normalized spacial score (nSPS) is 9.38. The molecule has 0 aliphatic rings. The number of hydrogen-bond acceptors (Lipinski definition) is 2. The molecule has 0 radical (unpaired) electrons. The Labute approximate surface area is 79.4 Å². The van der Waals surface area contributed by atoms with Crippen LogP contribution in [0.15, 0.2) is 17.1 Å². The van der Waals surface area contributed by atoms with Crippen molar-refractivity contribution in [3.05, 3.63) is 28.4 Å². The Balaban J connectivity index is 0.000000671. The molecule has 0 N–H and O–H groups in total. The molecule has 0 unspecified atom stereocenters. The van der Waals surface area contributed by atoms with Gasteiger partial charge in [-0.25, -0.2) is 4.79 Å². The third-order valence-corrected chi connectivity index (χ3v) is 1.53. The van der Waals surface area contributed by atoms with Gasteiger partial charge >= 0.3 is 5.69 Å². The molecule has 0 saturated heterocycles. The smallest absolute Gasteiger partial charge is 0.297 e. The molecule has 0 saturated carbocycles. The Bertz CT molecular complexity index is 302. The van der Waals surface area contributed by atoms with Gasteiger partial charge in [0, 0.05) is 17.9 Å². The fourth-order valence-corrected chi connectivity index (χ4v) is 0.891. The summed E-state index contributed by atoms with van der Waals surface area (Å²) in [5, 5.41) is 0. The molecule has 0 bridgehead atoms. The number of aromatic nitrogens is 2. The van der Waals surface area contributed by atoms with Crippen molar-refractivity contribution in [2.75, 3.05) is 0 Å². The summed E-state index contributed by atoms with van der Waals surface area (Å²) in [4.78, 5) is 14.9. The first kappa shape index (κ1) is 11.9. The van der Waals surface area contributed by atoms with Crippen molar-refractivity contribution in [1.82, 2.24) is 9.55 Å². The summed E-state index contributed by atoms with van der Waals surface area (Å²) in [6.45, 7) is 9.73. The largest absolute Gasteiger partial charge is 0.347 e. The average molecular weight is 182 g/mol. The second-order valence-electron chi connectivity index (χ2n) is 2.85. The molecule has 1 aromatic heterocycles. The molecule has 0 spiro atoms. The second-order valence-corrected chi connectivity index (χ2v) is 2.85. The van der Waals surface area contributed by atoms with Gasteiger partial charge in [-0.15, -0.1) is 0 Å². The third-order valence-electron chi connectivity index (χ3n) is 1.53. The van der Waals surface area contributed by atoms with E-state index in [0.29, 0.717) is 0 Å². The SMILES string of the molecule is CC.Cc1ccn(C(C)C)c(=O)n1. The van der Waals surface area contributed by atoms with Crippen molar-refractivity contribution < 1.29 is 0 Å². The van der Waals surface area contributed by atoms with E-state index in [2.05, 4.69) is 4.98 Å². The van der Waals surface area contributed by atoms with Crippen LogP contribution in [0.5, 0.6) is 0 Å². The van der Waals surface area contributed by atoms with E-state index < -0.39 is 0 Å². The van der Waals surface area contributed by atoms with Gasteiger partial charge in [-0.2, -0.15) is 4.98 Å². The lowest BCUT2D eigenvalue weighted by molar-refractivity contribution is 0.561. The molecular weight excluding hydrogens is 164 g/mol. The standard InChI is InChI=1S/C8H12N2O.C2H6/c1-6(2)10-5-4-7(3)9-8(10)11;1-2/h4-6H,1-3H3;1-2H3. The van der Waals surface area contributed by atoms with Crippen LogP contribution in [0.3, 0.4) is 0 Å². The molecule has 0 amide bonds. The predicted molar refractivity (Wildman–Crippen MR) is 55.0 cm³/mol. The van der Waals surface area contributed by atoms with E-state index in [1.54, 1.807) is 10.8 Å². The maximum absolute atomic E-state index is 11.1. The zero-order valence-corrected chi connectivity index (χ0v) is 9.03. The molecule has 0 atom stereocenters. The van der Waals surface area contributed by atoms with Crippen LogP contribution in [0.1, 0.15) is 39.4 Å². The van der Waals surface area contributed by atoms with Gasteiger partial charge in [0.05, 0.1) is 0 Å². The summed E-state index contributed by atoms with van der Waals surface area (Å²) in [6, 6.07) is 2.03. The highest BCUT2D eigenvalue weighted by molar-refractivity contribution is 4.96. The molecule has 1 aromatic rings. The van der Waals surface area contributed by atoms with Gasteiger partial charge in [-0.3, -0.25) is 4.57 Å². The highest BCUT2D eigenvalue weighted by Gasteiger charge is 1.99. The Morgan fingerprint density at radius 1 is 1.38 bits per heavy atom. The summed E-state index contributed by atoms with van der Waals surface area (Å²) in [6.07, 6.45) is 1.77. The Kier molecular flexibility index (Phi) is 5.04. The number of aryl methyl sites for hydroxylation is 1. The summed E-state index contributed by atoms with van der Waals surface area (Å²) in [7, 11) is 0. The van der Waals surface area contributed by atoms with Gasteiger partial charge in [0.15, 0.2) is 0 Å². The molecule has 1 heterocycles. The summed E-state index contributed by atoms with van der Waals surface area (Å²) in [5.41, 5.74) is 0.604. The maximum atomic E-state index is 11.1. The van der Waals surface area contributed by atoms with Gasteiger partial charge in [0.2, 0.25) is 0 Å². The molecule has 3 heteroatoms. The molecule has 3 nitrogen and oxygen atoms in total. The lowest BCUT2D eigenvalue weighted by Gasteiger charge is -2.07. The molecule has 0 aliphatic heterocycles. The quantitative estimate of drug-likeness (QED) is 0.667. The highest BCUT2D eigenvalue weighted by atomic mass is 16.1. The van der Waals surface area contributed by atoms with Crippen molar-refractivity contribution >= 4 is 0 Å². The Morgan fingerprint density at radius 2 is 1.92 bits per heavy atom.